The molecule has 5 rings (SSSR count). The zero-order valence-electron chi connectivity index (χ0n) is 24.4. The number of carbonyl (C=O) groups excluding carboxylic acids is 1. The fourth-order valence-corrected chi connectivity index (χ4v) is 5.37. The van der Waals surface area contributed by atoms with E-state index in [0.29, 0.717) is 25.2 Å². The molecule has 18 heteroatoms. The van der Waals surface area contributed by atoms with Gasteiger partial charge in [0.1, 0.15) is 0 Å². The summed E-state index contributed by atoms with van der Waals surface area (Å²) in [5.41, 5.74) is 1.29. The highest BCUT2D eigenvalue weighted by molar-refractivity contribution is 5.90. The summed E-state index contributed by atoms with van der Waals surface area (Å²) in [6.07, 6.45) is -15.5. The lowest BCUT2D eigenvalue weighted by Gasteiger charge is -2.39. The highest BCUT2D eigenvalue weighted by atomic mass is 19.4. The van der Waals surface area contributed by atoms with Gasteiger partial charge in [0.25, 0.3) is 0 Å². The van der Waals surface area contributed by atoms with Crippen molar-refractivity contribution in [3.05, 3.63) is 64.2 Å². The van der Waals surface area contributed by atoms with Gasteiger partial charge in [-0.25, -0.2) is 9.79 Å². The Bertz CT molecular complexity index is 1440. The molecule has 1 amide bonds. The number of hydrazine groups is 3. The van der Waals surface area contributed by atoms with Crippen molar-refractivity contribution in [2.24, 2.45) is 4.99 Å². The predicted octanol–water partition coefficient (Wildman–Crippen LogP) is 6.43. The molecular weight excluding hydrogens is 639 g/mol. The summed E-state index contributed by atoms with van der Waals surface area (Å²) in [6.45, 7) is 3.31. The van der Waals surface area contributed by atoms with E-state index in [1.807, 2.05) is 0 Å². The summed E-state index contributed by atoms with van der Waals surface area (Å²) in [5.74, 6) is -0.0839. The zero-order valence-corrected chi connectivity index (χ0v) is 24.4. The molecule has 46 heavy (non-hydrogen) atoms. The van der Waals surface area contributed by atoms with Gasteiger partial charge in [0.15, 0.2) is 0 Å². The van der Waals surface area contributed by atoms with Crippen LogP contribution in [-0.4, -0.2) is 54.1 Å². The Morgan fingerprint density at radius 1 is 0.957 bits per heavy atom. The average molecular weight is 669 g/mol. The number of rotatable bonds is 7. The monoisotopic (exact) mass is 668 g/mol. The molecule has 2 aromatic carbocycles. The number of nitrogens with zero attached hydrogens (tertiary/aromatic N) is 4. The number of amides is 1. The van der Waals surface area contributed by atoms with Crippen LogP contribution in [0.5, 0.6) is 0 Å². The van der Waals surface area contributed by atoms with Crippen molar-refractivity contribution in [1.82, 2.24) is 21.1 Å². The van der Waals surface area contributed by atoms with E-state index < -0.39 is 59.9 Å². The van der Waals surface area contributed by atoms with Gasteiger partial charge < -0.3 is 9.47 Å². The number of guanidine groups is 1. The van der Waals surface area contributed by atoms with Crippen LogP contribution in [0.15, 0.2) is 41.4 Å². The summed E-state index contributed by atoms with van der Waals surface area (Å²) in [4.78, 5) is 18.8. The van der Waals surface area contributed by atoms with Crippen molar-refractivity contribution < 1.29 is 53.8 Å². The second-order valence-corrected chi connectivity index (χ2v) is 10.9. The minimum Gasteiger partial charge on any atom is -0.449 e. The Hall–Kier alpha value is -3.77. The number of hydrogen-bond acceptors (Lipinski definition) is 6. The van der Waals surface area contributed by atoms with Crippen molar-refractivity contribution >= 4 is 17.7 Å². The van der Waals surface area contributed by atoms with Crippen LogP contribution in [-0.2, 0) is 34.5 Å². The molecule has 3 heterocycles. The largest absolute Gasteiger partial charge is 0.449 e. The first kappa shape index (κ1) is 33.6. The van der Waals surface area contributed by atoms with E-state index in [9.17, 15) is 44.3 Å². The summed E-state index contributed by atoms with van der Waals surface area (Å²) < 4.78 is 133. The van der Waals surface area contributed by atoms with Crippen molar-refractivity contribution in [3.63, 3.8) is 0 Å². The molecule has 0 bridgehead atoms. The van der Waals surface area contributed by atoms with Crippen LogP contribution < -0.4 is 15.9 Å². The lowest BCUT2D eigenvalue weighted by molar-refractivity contribution is -0.143. The van der Waals surface area contributed by atoms with Crippen LogP contribution in [0.1, 0.15) is 60.5 Å². The number of epoxide rings is 1. The van der Waals surface area contributed by atoms with Gasteiger partial charge in [0.2, 0.25) is 5.96 Å². The normalized spacial score (nSPS) is 23.0. The van der Waals surface area contributed by atoms with E-state index >= 15 is 0 Å². The third-order valence-electron chi connectivity index (χ3n) is 7.64. The van der Waals surface area contributed by atoms with Gasteiger partial charge in [-0.15, -0.1) is 10.7 Å². The third-order valence-corrected chi connectivity index (χ3v) is 7.64. The van der Waals surface area contributed by atoms with Gasteiger partial charge in [-0.1, -0.05) is 6.92 Å². The molecule has 252 valence electrons. The van der Waals surface area contributed by atoms with Crippen LogP contribution in [0.4, 0.5) is 50.0 Å². The maximum atomic E-state index is 13.8. The molecule has 3 atom stereocenters. The molecule has 1 unspecified atom stereocenters. The fraction of sp³-hybridized carbons (Fsp3) is 0.500. The lowest BCUT2D eigenvalue weighted by Crippen LogP contribution is -2.46. The molecule has 2 fully saturated rings. The SMILES string of the molecule is CCOC(=O)N1c2ccc(C(F)(F)F)cc2[C@@H](N=C2NNN(CC3CO3)N2Cc2cc(C(F)(F)F)cc(C(F)(F)F)c2)C[C@H]1CC. The van der Waals surface area contributed by atoms with Crippen LogP contribution in [0.3, 0.4) is 0 Å². The smallest absolute Gasteiger partial charge is 0.416 e. The van der Waals surface area contributed by atoms with Crippen molar-refractivity contribution in [2.75, 3.05) is 24.7 Å². The fourth-order valence-electron chi connectivity index (χ4n) is 5.37. The topological polar surface area (TPSA) is 85.0 Å². The maximum absolute atomic E-state index is 13.8. The first-order chi connectivity index (χ1) is 21.5. The van der Waals surface area contributed by atoms with Crippen LogP contribution in [0.2, 0.25) is 0 Å². The van der Waals surface area contributed by atoms with E-state index in [4.69, 9.17) is 9.47 Å². The molecule has 0 aliphatic carbocycles. The third kappa shape index (κ3) is 7.28. The van der Waals surface area contributed by atoms with E-state index in [-0.39, 0.29) is 54.5 Å². The number of ether oxygens (including phenoxy) is 2. The second kappa shape index (κ2) is 12.4. The Kier molecular flexibility index (Phi) is 9.09. The van der Waals surface area contributed by atoms with Gasteiger partial charge in [0, 0.05) is 11.6 Å². The number of anilines is 1. The number of hydrogen-bond donors (Lipinski definition) is 2. The summed E-state index contributed by atoms with van der Waals surface area (Å²) in [5, 5.41) is 2.60. The maximum Gasteiger partial charge on any atom is 0.416 e. The van der Waals surface area contributed by atoms with E-state index in [1.165, 1.54) is 15.0 Å². The molecule has 2 saturated heterocycles. The number of alkyl halides is 9. The molecular formula is C28H29F9N6O3. The predicted molar refractivity (Wildman–Crippen MR) is 145 cm³/mol. The van der Waals surface area contributed by atoms with Crippen LogP contribution in [0.25, 0.3) is 0 Å². The first-order valence-corrected chi connectivity index (χ1v) is 14.2. The first-order valence-electron chi connectivity index (χ1n) is 14.2. The summed E-state index contributed by atoms with van der Waals surface area (Å²) in [6, 6.07) is 2.48. The van der Waals surface area contributed by atoms with Gasteiger partial charge in [-0.3, -0.25) is 15.3 Å². The van der Waals surface area contributed by atoms with Gasteiger partial charge in [-0.2, -0.15) is 39.5 Å². The number of benzene rings is 2. The Morgan fingerprint density at radius 2 is 1.59 bits per heavy atom. The van der Waals surface area contributed by atoms with Crippen molar-refractivity contribution in [2.45, 2.75) is 70.0 Å². The van der Waals surface area contributed by atoms with Crippen LogP contribution >= 0.6 is 0 Å². The standard InChI is InChI=1S/C28H29F9N6O3/c1-3-19-11-22(21-10-16(26(29,30)31)5-6-23(21)43(19)25(44)45-4-2)38-24-39-40-42(13-20-14-46-20)41(24)12-15-7-17(27(32,33)34)9-18(8-15)28(35,36)37/h5-10,19-20,22,40H,3-4,11-14H2,1-2H3,(H,38,39)/t19-,20?,22+/m1/s1. The average Bonchev–Trinajstić information content (AvgIpc) is 3.72. The molecule has 0 aromatic heterocycles. The van der Waals surface area contributed by atoms with E-state index in [1.54, 1.807) is 13.8 Å². The van der Waals surface area contributed by atoms with Crippen LogP contribution in [0, 0.1) is 0 Å². The molecule has 0 radical (unpaired) electrons. The Balaban J connectivity index is 1.58. The highest BCUT2D eigenvalue weighted by Crippen LogP contribution is 2.44. The molecule has 0 saturated carbocycles. The summed E-state index contributed by atoms with van der Waals surface area (Å²) in [7, 11) is 0. The molecule has 0 spiro atoms. The highest BCUT2D eigenvalue weighted by Gasteiger charge is 2.42. The number of carbonyl (C=O) groups is 1. The molecule has 3 aliphatic heterocycles. The van der Waals surface area contributed by atoms with E-state index in [0.717, 1.165) is 18.2 Å². The zero-order chi connectivity index (χ0) is 33.6. The number of aliphatic imine (C=N–C) groups is 1. The van der Waals surface area contributed by atoms with Crippen molar-refractivity contribution in [1.29, 1.82) is 0 Å². The molecule has 2 N–H and O–H groups in total. The number of fused-ring (bicyclic) bond motifs is 1. The molecule has 2 aromatic rings. The summed E-state index contributed by atoms with van der Waals surface area (Å²) >= 11 is 0. The van der Waals surface area contributed by atoms with Gasteiger partial charge >= 0.3 is 24.6 Å². The quantitative estimate of drug-likeness (QED) is 0.260. The molecule has 3 aliphatic rings. The minimum atomic E-state index is -5.07. The number of nitrogens with one attached hydrogen (secondary N) is 2. The van der Waals surface area contributed by atoms with E-state index in [2.05, 4.69) is 16.0 Å². The van der Waals surface area contributed by atoms with Crippen molar-refractivity contribution in [3.8, 4) is 0 Å². The Morgan fingerprint density at radius 3 is 2.13 bits per heavy atom. The molecule has 9 nitrogen and oxygen atoms in total. The Labute approximate surface area is 256 Å². The van der Waals surface area contributed by atoms with Gasteiger partial charge in [0.05, 0.1) is 60.8 Å². The number of halogens is 9. The second-order valence-electron chi connectivity index (χ2n) is 10.9. The van der Waals surface area contributed by atoms with Gasteiger partial charge in [-0.05, 0) is 61.7 Å². The minimum absolute atomic E-state index is 0.0180. The lowest BCUT2D eigenvalue weighted by atomic mass is 9.89.